The number of rotatable bonds is 3. The summed E-state index contributed by atoms with van der Waals surface area (Å²) < 4.78 is 0. The fourth-order valence-electron chi connectivity index (χ4n) is 4.76. The van der Waals surface area contributed by atoms with Crippen LogP contribution in [0.3, 0.4) is 0 Å². The number of allylic oxidation sites excluding steroid dienone is 1. The van der Waals surface area contributed by atoms with Crippen LogP contribution in [0.5, 0.6) is 0 Å². The zero-order valence-corrected chi connectivity index (χ0v) is 14.2. The van der Waals surface area contributed by atoms with E-state index in [9.17, 15) is 4.79 Å². The molecule has 24 heavy (non-hydrogen) atoms. The molecule has 1 fully saturated rings. The number of carboxylic acids is 1. The normalized spacial score (nSPS) is 28.2. The quantitative estimate of drug-likeness (QED) is 0.851. The van der Waals surface area contributed by atoms with Crippen LogP contribution in [0.1, 0.15) is 30.4 Å². The number of carbonyl (C=O) groups is 1. The summed E-state index contributed by atoms with van der Waals surface area (Å²) in [6.07, 6.45) is 7.55. The largest absolute Gasteiger partial charge is 0.478 e. The highest BCUT2D eigenvalue weighted by Gasteiger charge is 2.40. The third-order valence-electron chi connectivity index (χ3n) is 6.04. The predicted molar refractivity (Wildman–Crippen MR) is 95.2 cm³/mol. The molecule has 4 atom stereocenters. The summed E-state index contributed by atoms with van der Waals surface area (Å²) in [6, 6.07) is 7.14. The molecule has 1 aromatic carbocycles. The van der Waals surface area contributed by atoms with Crippen LogP contribution < -0.4 is 0 Å². The van der Waals surface area contributed by atoms with Gasteiger partial charge in [-0.2, -0.15) is 0 Å². The fraction of sp³-hybridized carbons (Fsp3) is 0.450. The number of aromatic amines is 1. The zero-order valence-electron chi connectivity index (χ0n) is 14.2. The molecule has 4 rings (SSSR count). The maximum atomic E-state index is 10.8. The molecule has 1 aliphatic heterocycles. The molecule has 2 aromatic rings. The van der Waals surface area contributed by atoms with Gasteiger partial charge in [0.05, 0.1) is 0 Å². The van der Waals surface area contributed by atoms with Crippen molar-refractivity contribution in [2.45, 2.75) is 31.7 Å². The molecule has 2 heterocycles. The Kier molecular flexibility index (Phi) is 3.72. The van der Waals surface area contributed by atoms with Gasteiger partial charge in [0.15, 0.2) is 0 Å². The number of hydrogen-bond donors (Lipinski definition) is 2. The lowest BCUT2D eigenvalue weighted by molar-refractivity contribution is -0.131. The van der Waals surface area contributed by atoms with E-state index >= 15 is 0 Å². The van der Waals surface area contributed by atoms with Crippen LogP contribution in [-0.4, -0.2) is 40.6 Å². The number of aliphatic carboxylic acids is 1. The van der Waals surface area contributed by atoms with E-state index in [1.807, 2.05) is 6.08 Å². The van der Waals surface area contributed by atoms with Crippen molar-refractivity contribution in [2.75, 3.05) is 13.6 Å². The minimum absolute atomic E-state index is 0.274. The number of aromatic nitrogens is 1. The first-order chi connectivity index (χ1) is 11.5. The lowest BCUT2D eigenvalue weighted by atomic mass is 9.70. The standard InChI is InChI=1S/C20H24N2O2/c1-12(6-7-19(23)24)14-8-16-15-4-3-5-17-20(15)13(10-21-17)9-18(16)22(2)11-14/h3-7,10,12,14,16,18,21H,8-9,11H2,1-2H3,(H,23,24)/b7-6+/t12?,14-,16-,18-/m1/s1. The summed E-state index contributed by atoms with van der Waals surface area (Å²) in [5.41, 5.74) is 4.14. The average Bonchev–Trinajstić information content (AvgIpc) is 2.98. The van der Waals surface area contributed by atoms with Gasteiger partial charge in [0.1, 0.15) is 0 Å². The molecule has 2 aliphatic rings. The van der Waals surface area contributed by atoms with E-state index in [0.29, 0.717) is 17.9 Å². The molecule has 2 N–H and O–H groups in total. The summed E-state index contributed by atoms with van der Waals surface area (Å²) in [4.78, 5) is 16.7. The molecule has 1 aromatic heterocycles. The van der Waals surface area contributed by atoms with Crippen molar-refractivity contribution >= 4 is 16.9 Å². The molecular weight excluding hydrogens is 300 g/mol. The lowest BCUT2D eigenvalue weighted by Gasteiger charge is -2.46. The Bertz CT molecular complexity index is 807. The number of nitrogens with one attached hydrogen (secondary N) is 1. The van der Waals surface area contributed by atoms with Crippen LogP contribution in [0, 0.1) is 11.8 Å². The second-order valence-corrected chi connectivity index (χ2v) is 7.45. The summed E-state index contributed by atoms with van der Waals surface area (Å²) in [5, 5.41) is 10.3. The smallest absolute Gasteiger partial charge is 0.327 e. The number of benzene rings is 1. The van der Waals surface area contributed by atoms with Crippen molar-refractivity contribution < 1.29 is 9.90 Å². The van der Waals surface area contributed by atoms with Gasteiger partial charge in [-0.05, 0) is 48.9 Å². The van der Waals surface area contributed by atoms with Gasteiger partial charge in [-0.15, -0.1) is 0 Å². The number of fused-ring (bicyclic) bond motifs is 2. The average molecular weight is 324 g/mol. The van der Waals surface area contributed by atoms with E-state index in [1.54, 1.807) is 0 Å². The van der Waals surface area contributed by atoms with E-state index in [-0.39, 0.29) is 5.92 Å². The molecule has 0 amide bonds. The van der Waals surface area contributed by atoms with Gasteiger partial charge in [0.25, 0.3) is 0 Å². The Labute approximate surface area is 142 Å². The Morgan fingerprint density at radius 1 is 1.46 bits per heavy atom. The third kappa shape index (κ3) is 2.46. The number of hydrogen-bond acceptors (Lipinski definition) is 2. The number of H-pyrrole nitrogens is 1. The second kappa shape index (κ2) is 5.78. The highest BCUT2D eigenvalue weighted by atomic mass is 16.4. The topological polar surface area (TPSA) is 56.3 Å². The molecule has 1 unspecified atom stereocenters. The minimum atomic E-state index is -0.858. The lowest BCUT2D eigenvalue weighted by Crippen LogP contribution is -2.48. The zero-order chi connectivity index (χ0) is 16.8. The molecular formula is C20H24N2O2. The van der Waals surface area contributed by atoms with Crippen molar-refractivity contribution in [3.63, 3.8) is 0 Å². The number of piperidine rings is 1. The number of nitrogens with zero attached hydrogens (tertiary/aromatic N) is 1. The third-order valence-corrected chi connectivity index (χ3v) is 6.04. The Hall–Kier alpha value is -2.07. The fourth-order valence-corrected chi connectivity index (χ4v) is 4.76. The molecule has 0 spiro atoms. The Balaban J connectivity index is 1.67. The van der Waals surface area contributed by atoms with E-state index in [1.165, 1.54) is 28.1 Å². The van der Waals surface area contributed by atoms with Gasteiger partial charge in [0, 0.05) is 41.7 Å². The van der Waals surface area contributed by atoms with E-state index in [4.69, 9.17) is 5.11 Å². The molecule has 0 radical (unpaired) electrons. The maximum absolute atomic E-state index is 10.8. The van der Waals surface area contributed by atoms with Crippen LogP contribution in [0.15, 0.2) is 36.5 Å². The van der Waals surface area contributed by atoms with Gasteiger partial charge in [0.2, 0.25) is 0 Å². The monoisotopic (exact) mass is 324 g/mol. The number of likely N-dealkylation sites (tertiary alicyclic amines) is 1. The SMILES string of the molecule is CC(/C=C/C(=O)O)[C@@H]1C[C@@H]2c3cccc4[nH]cc(c34)C[C@H]2N(C)C1. The van der Waals surface area contributed by atoms with E-state index in [0.717, 1.165) is 19.4 Å². The first kappa shape index (κ1) is 15.5. The van der Waals surface area contributed by atoms with Crippen LogP contribution >= 0.6 is 0 Å². The van der Waals surface area contributed by atoms with Crippen molar-refractivity contribution in [1.82, 2.24) is 9.88 Å². The molecule has 0 saturated carbocycles. The molecule has 1 saturated heterocycles. The summed E-state index contributed by atoms with van der Waals surface area (Å²) >= 11 is 0. The van der Waals surface area contributed by atoms with Crippen LogP contribution in [0.4, 0.5) is 0 Å². The molecule has 4 heteroatoms. The minimum Gasteiger partial charge on any atom is -0.478 e. The highest BCUT2D eigenvalue weighted by molar-refractivity contribution is 5.88. The van der Waals surface area contributed by atoms with Crippen molar-refractivity contribution in [1.29, 1.82) is 0 Å². The first-order valence-corrected chi connectivity index (χ1v) is 8.75. The van der Waals surface area contributed by atoms with Crippen molar-refractivity contribution in [2.24, 2.45) is 11.8 Å². The van der Waals surface area contributed by atoms with Gasteiger partial charge in [-0.1, -0.05) is 25.1 Å². The van der Waals surface area contributed by atoms with E-state index < -0.39 is 5.97 Å². The molecule has 1 aliphatic carbocycles. The summed E-state index contributed by atoms with van der Waals surface area (Å²) in [5.74, 6) is 0.434. The van der Waals surface area contributed by atoms with Gasteiger partial charge in [-0.3, -0.25) is 0 Å². The van der Waals surface area contributed by atoms with Gasteiger partial charge >= 0.3 is 5.97 Å². The maximum Gasteiger partial charge on any atom is 0.327 e. The van der Waals surface area contributed by atoms with Crippen LogP contribution in [-0.2, 0) is 11.2 Å². The summed E-state index contributed by atoms with van der Waals surface area (Å²) in [7, 11) is 2.22. The second-order valence-electron chi connectivity index (χ2n) is 7.45. The summed E-state index contributed by atoms with van der Waals surface area (Å²) in [6.45, 7) is 3.17. The number of likely N-dealkylation sites (N-methyl/N-ethyl adjacent to an activating group) is 1. The van der Waals surface area contributed by atoms with E-state index in [2.05, 4.69) is 48.3 Å². The first-order valence-electron chi connectivity index (χ1n) is 8.75. The molecule has 0 bridgehead atoms. The van der Waals surface area contributed by atoms with Crippen molar-refractivity contribution in [3.8, 4) is 0 Å². The van der Waals surface area contributed by atoms with Crippen molar-refractivity contribution in [3.05, 3.63) is 47.7 Å². The van der Waals surface area contributed by atoms with Gasteiger partial charge in [-0.25, -0.2) is 4.79 Å². The predicted octanol–water partition coefficient (Wildman–Crippen LogP) is 3.40. The van der Waals surface area contributed by atoms with Crippen LogP contribution in [0.25, 0.3) is 10.9 Å². The number of carboxylic acid groups (broad SMARTS) is 1. The molecule has 126 valence electrons. The Morgan fingerprint density at radius 3 is 3.08 bits per heavy atom. The highest BCUT2D eigenvalue weighted by Crippen LogP contribution is 2.45. The Morgan fingerprint density at radius 2 is 2.29 bits per heavy atom. The van der Waals surface area contributed by atoms with Gasteiger partial charge < -0.3 is 15.0 Å². The molecule has 4 nitrogen and oxygen atoms in total. The van der Waals surface area contributed by atoms with Crippen LogP contribution in [0.2, 0.25) is 0 Å².